The molecule has 0 saturated carbocycles. The summed E-state index contributed by atoms with van der Waals surface area (Å²) in [7, 11) is 1.63. The third kappa shape index (κ3) is 3.48. The van der Waals surface area contributed by atoms with E-state index in [1.165, 1.54) is 21.8 Å². The van der Waals surface area contributed by atoms with Crippen molar-refractivity contribution < 1.29 is 23.4 Å². The number of ether oxygens (including phenoxy) is 1. The molecule has 1 amide bonds. The average molecular weight is 431 g/mol. The molecule has 9 heteroatoms. The summed E-state index contributed by atoms with van der Waals surface area (Å²) >= 11 is 0. The van der Waals surface area contributed by atoms with E-state index >= 15 is 0 Å². The molecule has 1 saturated heterocycles. The summed E-state index contributed by atoms with van der Waals surface area (Å²) < 4.78 is 32.3. The minimum Gasteiger partial charge on any atom is -0.502 e. The molecular formula is C22H23F2N3O4. The number of pyridine rings is 1. The lowest BCUT2D eigenvalue weighted by Gasteiger charge is -2.57. The van der Waals surface area contributed by atoms with Gasteiger partial charge in [0.25, 0.3) is 12.0 Å². The van der Waals surface area contributed by atoms with E-state index in [1.54, 1.807) is 7.05 Å². The van der Waals surface area contributed by atoms with Crippen molar-refractivity contribution in [2.45, 2.75) is 31.0 Å². The van der Waals surface area contributed by atoms with Crippen LogP contribution in [0.25, 0.3) is 0 Å². The number of amides is 1. The number of hydrogen-bond donors (Lipinski definition) is 1. The van der Waals surface area contributed by atoms with Crippen molar-refractivity contribution in [1.82, 2.24) is 9.58 Å². The minimum atomic E-state index is -1.81. The highest BCUT2D eigenvalue weighted by atomic mass is 19.3. The summed E-state index contributed by atoms with van der Waals surface area (Å²) in [6, 6.07) is 10.7. The van der Waals surface area contributed by atoms with Gasteiger partial charge in [-0.25, -0.2) is 0 Å². The van der Waals surface area contributed by atoms with Gasteiger partial charge in [0.05, 0.1) is 13.2 Å². The molecule has 0 spiro atoms. The molecular weight excluding hydrogens is 408 g/mol. The van der Waals surface area contributed by atoms with Crippen LogP contribution in [0.15, 0.2) is 59.5 Å². The first-order valence-electron chi connectivity index (χ1n) is 10.0. The zero-order valence-electron chi connectivity index (χ0n) is 17.0. The van der Waals surface area contributed by atoms with Gasteiger partial charge in [-0.05, 0) is 24.8 Å². The Morgan fingerprint density at radius 2 is 2.00 bits per heavy atom. The predicted molar refractivity (Wildman–Crippen MR) is 110 cm³/mol. The van der Waals surface area contributed by atoms with Crippen LogP contribution in [0.1, 0.15) is 35.3 Å². The Hall–Kier alpha value is -3.20. The molecule has 2 aromatic rings. The SMILES string of the molecule is CN1C(=O)c2c(O)c(=O)ccn2N2C1CCC[C@@]2(COCC=C(F)F)c1ccccc1. The Bertz CT molecular complexity index is 1070. The summed E-state index contributed by atoms with van der Waals surface area (Å²) in [5.74, 6) is -1.07. The smallest absolute Gasteiger partial charge is 0.277 e. The van der Waals surface area contributed by atoms with Gasteiger partial charge in [-0.2, -0.15) is 8.78 Å². The fourth-order valence-corrected chi connectivity index (χ4v) is 4.60. The maximum absolute atomic E-state index is 13.0. The van der Waals surface area contributed by atoms with Crippen LogP contribution in [0, 0.1) is 0 Å². The van der Waals surface area contributed by atoms with Crippen LogP contribution in [-0.2, 0) is 10.3 Å². The Morgan fingerprint density at radius 1 is 1.26 bits per heavy atom. The van der Waals surface area contributed by atoms with E-state index in [1.807, 2.05) is 35.3 Å². The number of hydrogen-bond acceptors (Lipinski definition) is 5. The molecule has 1 N–H and O–H groups in total. The normalized spacial score (nSPS) is 22.7. The zero-order valence-corrected chi connectivity index (χ0v) is 17.0. The standard InChI is InChI=1S/C22H23F2N3O4/c1-25-18-8-5-11-22(14-31-13-10-17(23)24,15-6-3-2-4-7-15)27(18)26-12-9-16(28)20(29)19(26)21(25)30/h2-4,6-7,9-10,12,18,29H,5,8,11,13-14H2,1H3/t18?,22-/m1/s1. The van der Waals surface area contributed by atoms with Gasteiger partial charge in [-0.1, -0.05) is 30.3 Å². The molecule has 7 nitrogen and oxygen atoms in total. The Morgan fingerprint density at radius 3 is 2.71 bits per heavy atom. The largest absolute Gasteiger partial charge is 0.502 e. The van der Waals surface area contributed by atoms with E-state index < -0.39 is 28.7 Å². The summed E-state index contributed by atoms with van der Waals surface area (Å²) in [5.41, 5.74) is -0.691. The number of carbonyl (C=O) groups is 1. The molecule has 0 radical (unpaired) electrons. The molecule has 2 aliphatic rings. The van der Waals surface area contributed by atoms with Gasteiger partial charge in [-0.3, -0.25) is 19.3 Å². The molecule has 1 aromatic heterocycles. The quantitative estimate of drug-likeness (QED) is 0.737. The van der Waals surface area contributed by atoms with Crippen LogP contribution in [0.4, 0.5) is 8.78 Å². The number of piperidine rings is 1. The second-order valence-corrected chi connectivity index (χ2v) is 7.76. The Kier molecular flexibility index (Phi) is 5.53. The number of aromatic nitrogens is 1. The van der Waals surface area contributed by atoms with E-state index in [2.05, 4.69) is 0 Å². The summed E-state index contributed by atoms with van der Waals surface area (Å²) in [6.45, 7) is -0.182. The first kappa shape index (κ1) is 21.0. The first-order chi connectivity index (χ1) is 14.9. The summed E-state index contributed by atoms with van der Waals surface area (Å²) in [4.78, 5) is 26.5. The van der Waals surface area contributed by atoms with Gasteiger partial charge < -0.3 is 14.7 Å². The molecule has 2 aliphatic heterocycles. The highest BCUT2D eigenvalue weighted by molar-refractivity contribution is 5.96. The van der Waals surface area contributed by atoms with Crippen molar-refractivity contribution in [3.63, 3.8) is 0 Å². The van der Waals surface area contributed by atoms with Crippen molar-refractivity contribution >= 4 is 5.91 Å². The topological polar surface area (TPSA) is 75.0 Å². The molecule has 1 fully saturated rings. The number of aromatic hydroxyl groups is 1. The van der Waals surface area contributed by atoms with Crippen molar-refractivity contribution in [1.29, 1.82) is 0 Å². The Balaban J connectivity index is 1.89. The molecule has 1 unspecified atom stereocenters. The van der Waals surface area contributed by atoms with Crippen LogP contribution >= 0.6 is 0 Å². The van der Waals surface area contributed by atoms with E-state index in [4.69, 9.17) is 4.74 Å². The zero-order chi connectivity index (χ0) is 22.2. The maximum atomic E-state index is 13.0. The molecule has 0 bridgehead atoms. The third-order valence-electron chi connectivity index (χ3n) is 6.04. The molecule has 164 valence electrons. The fraction of sp³-hybridized carbons (Fsp3) is 0.364. The van der Waals surface area contributed by atoms with E-state index in [0.717, 1.165) is 12.0 Å². The van der Waals surface area contributed by atoms with Gasteiger partial charge in [0.2, 0.25) is 5.43 Å². The van der Waals surface area contributed by atoms with E-state index in [0.29, 0.717) is 18.9 Å². The molecule has 0 aliphatic carbocycles. The Labute approximate surface area is 177 Å². The second-order valence-electron chi connectivity index (χ2n) is 7.76. The van der Waals surface area contributed by atoms with Gasteiger partial charge in [0, 0.05) is 25.4 Å². The number of fused-ring (bicyclic) bond motifs is 3. The third-order valence-corrected chi connectivity index (χ3v) is 6.04. The van der Waals surface area contributed by atoms with E-state index in [9.17, 15) is 23.5 Å². The molecule has 31 heavy (non-hydrogen) atoms. The lowest BCUT2D eigenvalue weighted by atomic mass is 9.80. The van der Waals surface area contributed by atoms with Crippen LogP contribution in [-0.4, -0.2) is 47.0 Å². The molecule has 4 rings (SSSR count). The number of rotatable bonds is 5. The predicted octanol–water partition coefficient (Wildman–Crippen LogP) is 2.78. The second kappa shape index (κ2) is 8.14. The van der Waals surface area contributed by atoms with E-state index in [-0.39, 0.29) is 25.1 Å². The molecule has 2 atom stereocenters. The number of carbonyl (C=O) groups excluding carboxylic acids is 1. The number of benzene rings is 1. The van der Waals surface area contributed by atoms with Crippen LogP contribution in [0.3, 0.4) is 0 Å². The highest BCUT2D eigenvalue weighted by Gasteiger charge is 2.51. The summed E-state index contributed by atoms with van der Waals surface area (Å²) in [6.07, 6.45) is 2.07. The van der Waals surface area contributed by atoms with Crippen molar-refractivity contribution in [2.75, 3.05) is 25.3 Å². The molecule has 1 aromatic carbocycles. The number of nitrogens with zero attached hydrogens (tertiary/aromatic N) is 3. The lowest BCUT2D eigenvalue weighted by Crippen LogP contribution is -2.70. The van der Waals surface area contributed by atoms with Crippen LogP contribution in [0.2, 0.25) is 0 Å². The van der Waals surface area contributed by atoms with Gasteiger partial charge in [0.1, 0.15) is 11.7 Å². The van der Waals surface area contributed by atoms with Gasteiger partial charge in [-0.15, -0.1) is 0 Å². The molecule has 3 heterocycles. The van der Waals surface area contributed by atoms with Gasteiger partial charge in [0.15, 0.2) is 11.4 Å². The average Bonchev–Trinajstić information content (AvgIpc) is 2.77. The monoisotopic (exact) mass is 431 g/mol. The van der Waals surface area contributed by atoms with Crippen molar-refractivity contribution in [2.24, 2.45) is 0 Å². The van der Waals surface area contributed by atoms with Crippen molar-refractivity contribution in [3.8, 4) is 5.75 Å². The minimum absolute atomic E-state index is 0.0751. The van der Waals surface area contributed by atoms with Crippen LogP contribution in [0.5, 0.6) is 5.75 Å². The van der Waals surface area contributed by atoms with Crippen molar-refractivity contribution in [3.05, 3.63) is 76.2 Å². The number of halogens is 2. The lowest BCUT2D eigenvalue weighted by molar-refractivity contribution is 0.0165. The first-order valence-corrected chi connectivity index (χ1v) is 10.0. The fourth-order valence-electron chi connectivity index (χ4n) is 4.60. The highest BCUT2D eigenvalue weighted by Crippen LogP contribution is 2.43. The van der Waals surface area contributed by atoms with Crippen LogP contribution < -0.4 is 10.4 Å². The maximum Gasteiger partial charge on any atom is 0.277 e. The van der Waals surface area contributed by atoms with Gasteiger partial charge >= 0.3 is 0 Å². The summed E-state index contributed by atoms with van der Waals surface area (Å²) in [5, 5.41) is 12.3.